The zero-order valence-electron chi connectivity index (χ0n) is 7.64. The van der Waals surface area contributed by atoms with Gasteiger partial charge in [-0.15, -0.1) is 0 Å². The number of phenolic OH excluding ortho intramolecular Hbond substituents is 1. The number of aromatic nitrogens is 3. The summed E-state index contributed by atoms with van der Waals surface area (Å²) in [6, 6.07) is 2.30. The zero-order valence-corrected chi connectivity index (χ0v) is 7.64. The Morgan fingerprint density at radius 1 is 1.33 bits per heavy atom. The molecule has 0 spiro atoms. The van der Waals surface area contributed by atoms with Gasteiger partial charge < -0.3 is 22.3 Å². The summed E-state index contributed by atoms with van der Waals surface area (Å²) in [6.45, 7) is 0. The normalized spacial score (nSPS) is 9.33. The number of rotatable bonds is 0. The van der Waals surface area contributed by atoms with Crippen molar-refractivity contribution in [3.8, 4) is 5.75 Å². The molecule has 0 unspecified atom stereocenters. The average molecular weight is 210 g/mol. The predicted molar refractivity (Wildman–Crippen MR) is 53.7 cm³/mol. The van der Waals surface area contributed by atoms with Gasteiger partial charge >= 0.3 is 6.03 Å². The van der Waals surface area contributed by atoms with Crippen LogP contribution in [0.15, 0.2) is 12.1 Å². The van der Waals surface area contributed by atoms with Gasteiger partial charge in [0.05, 0.1) is 0 Å². The van der Waals surface area contributed by atoms with Crippen molar-refractivity contribution in [2.24, 2.45) is 11.5 Å². The number of anilines is 1. The number of aromatic hydroxyl groups is 1. The van der Waals surface area contributed by atoms with Crippen LogP contribution in [0.4, 0.5) is 10.5 Å². The van der Waals surface area contributed by atoms with E-state index in [1.807, 2.05) is 0 Å². The summed E-state index contributed by atoms with van der Waals surface area (Å²) in [6.07, 6.45) is 0. The second kappa shape index (κ2) is 4.13. The van der Waals surface area contributed by atoms with Crippen LogP contribution < -0.4 is 17.2 Å². The van der Waals surface area contributed by atoms with Gasteiger partial charge in [-0.1, -0.05) is 0 Å². The molecule has 0 radical (unpaired) electrons. The molecule has 8 nitrogen and oxygen atoms in total. The summed E-state index contributed by atoms with van der Waals surface area (Å²) in [5.74, 6) is 0.0337. The predicted octanol–water partition coefficient (Wildman–Crippen LogP) is -0.731. The highest BCUT2D eigenvalue weighted by atomic mass is 16.3. The smallest absolute Gasteiger partial charge is 0.309 e. The maximum absolute atomic E-state index is 9.13. The molecular formula is C7H10N6O2. The van der Waals surface area contributed by atoms with Crippen LogP contribution in [-0.4, -0.2) is 26.5 Å². The zero-order chi connectivity index (χ0) is 11.4. The summed E-state index contributed by atoms with van der Waals surface area (Å²) in [4.78, 5) is 9.00. The Morgan fingerprint density at radius 3 is 2.53 bits per heavy atom. The number of phenols is 1. The molecule has 15 heavy (non-hydrogen) atoms. The van der Waals surface area contributed by atoms with Crippen molar-refractivity contribution in [1.82, 2.24) is 15.4 Å². The Morgan fingerprint density at radius 2 is 1.93 bits per heavy atom. The first-order valence-corrected chi connectivity index (χ1v) is 3.85. The van der Waals surface area contributed by atoms with Crippen LogP contribution in [0.2, 0.25) is 0 Å². The molecule has 0 fully saturated rings. The molecule has 2 amide bonds. The second-order valence-electron chi connectivity index (χ2n) is 2.59. The van der Waals surface area contributed by atoms with Crippen LogP contribution in [0.25, 0.3) is 11.0 Å². The number of nitrogens with one attached hydrogen (secondary N) is 1. The van der Waals surface area contributed by atoms with Gasteiger partial charge in [-0.05, 0) is 12.1 Å². The summed E-state index contributed by atoms with van der Waals surface area (Å²) in [5, 5.41) is 19.1. The molecule has 0 aliphatic rings. The number of nitrogen functional groups attached to an aromatic ring is 1. The third-order valence-electron chi connectivity index (χ3n) is 1.51. The van der Waals surface area contributed by atoms with E-state index < -0.39 is 6.03 Å². The molecule has 0 saturated heterocycles. The topological polar surface area (TPSA) is 157 Å². The van der Waals surface area contributed by atoms with Gasteiger partial charge in [0.1, 0.15) is 22.5 Å². The number of hydrogen-bond acceptors (Lipinski definition) is 5. The van der Waals surface area contributed by atoms with E-state index in [0.29, 0.717) is 11.0 Å². The molecule has 80 valence electrons. The number of primary amides is 2. The Kier molecular flexibility index (Phi) is 2.91. The van der Waals surface area contributed by atoms with Crippen LogP contribution >= 0.6 is 0 Å². The van der Waals surface area contributed by atoms with E-state index in [1.165, 1.54) is 6.07 Å². The fourth-order valence-electron chi connectivity index (χ4n) is 0.922. The number of aromatic amines is 1. The fourth-order valence-corrected chi connectivity index (χ4v) is 0.922. The quantitative estimate of drug-likeness (QED) is 0.286. The molecule has 8 N–H and O–H groups in total. The van der Waals surface area contributed by atoms with Gasteiger partial charge in [0, 0.05) is 0 Å². The highest BCUT2D eigenvalue weighted by Gasteiger charge is 2.05. The number of urea groups is 1. The highest BCUT2D eigenvalue weighted by molar-refractivity contribution is 5.89. The Hall–Kier alpha value is -2.51. The molecule has 8 heteroatoms. The SMILES string of the molecule is NC(N)=O.Nc1c(O)ccc2n[nH]nc12. The second-order valence-corrected chi connectivity index (χ2v) is 2.59. The molecule has 2 rings (SSSR count). The number of carbonyl (C=O) groups excluding carboxylic acids is 1. The number of hydrogen-bond donors (Lipinski definition) is 5. The minimum Gasteiger partial charge on any atom is -0.506 e. The van der Waals surface area contributed by atoms with Crippen molar-refractivity contribution in [1.29, 1.82) is 0 Å². The number of fused-ring (bicyclic) bond motifs is 1. The first kappa shape index (κ1) is 10.6. The van der Waals surface area contributed by atoms with Gasteiger partial charge in [-0.2, -0.15) is 15.4 Å². The minimum absolute atomic E-state index is 0.0337. The average Bonchev–Trinajstić information content (AvgIpc) is 2.59. The molecule has 0 aliphatic carbocycles. The van der Waals surface area contributed by atoms with Crippen LogP contribution in [0.5, 0.6) is 5.75 Å². The number of H-pyrrole nitrogens is 1. The lowest BCUT2D eigenvalue weighted by atomic mass is 10.2. The van der Waals surface area contributed by atoms with Crippen molar-refractivity contribution in [2.75, 3.05) is 5.73 Å². The van der Waals surface area contributed by atoms with Gasteiger partial charge in [-0.3, -0.25) is 0 Å². The van der Waals surface area contributed by atoms with Crippen molar-refractivity contribution >= 4 is 22.8 Å². The third-order valence-corrected chi connectivity index (χ3v) is 1.51. The summed E-state index contributed by atoms with van der Waals surface area (Å²) in [5.41, 5.74) is 15.4. The van der Waals surface area contributed by atoms with E-state index in [4.69, 9.17) is 15.6 Å². The standard InChI is InChI=1S/C6H6N4O.CH4N2O/c7-5-4(11)2-1-3-6(5)9-10-8-3;2-1(3)4/h1-2,11H,7H2,(H,8,9,10);(H4,2,3,4). The summed E-state index contributed by atoms with van der Waals surface area (Å²) >= 11 is 0. The van der Waals surface area contributed by atoms with Crippen LogP contribution in [0, 0.1) is 0 Å². The fraction of sp³-hybridized carbons (Fsp3) is 0. The van der Waals surface area contributed by atoms with Gasteiger partial charge in [0.25, 0.3) is 0 Å². The van der Waals surface area contributed by atoms with E-state index in [-0.39, 0.29) is 11.4 Å². The molecule has 1 heterocycles. The molecule has 1 aromatic carbocycles. The Bertz CT molecular complexity index is 475. The lowest BCUT2D eigenvalue weighted by Crippen LogP contribution is -2.18. The van der Waals surface area contributed by atoms with Crippen LogP contribution in [0.3, 0.4) is 0 Å². The first-order chi connectivity index (χ1) is 7.02. The maximum Gasteiger partial charge on any atom is 0.309 e. The third kappa shape index (κ3) is 2.46. The van der Waals surface area contributed by atoms with E-state index in [9.17, 15) is 0 Å². The lowest BCUT2D eigenvalue weighted by molar-refractivity contribution is 0.256. The highest BCUT2D eigenvalue weighted by Crippen LogP contribution is 2.25. The lowest BCUT2D eigenvalue weighted by Gasteiger charge is -1.95. The maximum atomic E-state index is 9.13. The van der Waals surface area contributed by atoms with E-state index in [2.05, 4.69) is 26.9 Å². The van der Waals surface area contributed by atoms with Crippen molar-refractivity contribution in [3.05, 3.63) is 12.1 Å². The molecule has 0 aliphatic heterocycles. The van der Waals surface area contributed by atoms with Crippen molar-refractivity contribution < 1.29 is 9.90 Å². The number of nitrogens with zero attached hydrogens (tertiary/aromatic N) is 2. The number of nitrogens with two attached hydrogens (primary N) is 3. The Balaban J connectivity index is 0.000000245. The largest absolute Gasteiger partial charge is 0.506 e. The Labute approximate surface area is 84.0 Å². The van der Waals surface area contributed by atoms with Crippen LogP contribution in [0.1, 0.15) is 0 Å². The van der Waals surface area contributed by atoms with Crippen molar-refractivity contribution in [3.63, 3.8) is 0 Å². The molecule has 0 bridgehead atoms. The number of amides is 2. The molecule has 2 aromatic rings. The van der Waals surface area contributed by atoms with Gasteiger partial charge in [-0.25, -0.2) is 4.79 Å². The van der Waals surface area contributed by atoms with E-state index >= 15 is 0 Å². The first-order valence-electron chi connectivity index (χ1n) is 3.85. The van der Waals surface area contributed by atoms with Gasteiger partial charge in [0.15, 0.2) is 0 Å². The molecule has 0 saturated carbocycles. The number of carbonyl (C=O) groups is 1. The minimum atomic E-state index is -0.833. The molecule has 1 aromatic heterocycles. The molecule has 0 atom stereocenters. The van der Waals surface area contributed by atoms with Crippen LogP contribution in [-0.2, 0) is 0 Å². The van der Waals surface area contributed by atoms with E-state index in [1.54, 1.807) is 6.07 Å². The van der Waals surface area contributed by atoms with Crippen molar-refractivity contribution in [2.45, 2.75) is 0 Å². The van der Waals surface area contributed by atoms with Gasteiger partial charge in [0.2, 0.25) is 0 Å². The van der Waals surface area contributed by atoms with E-state index in [0.717, 1.165) is 0 Å². The summed E-state index contributed by atoms with van der Waals surface area (Å²) in [7, 11) is 0. The summed E-state index contributed by atoms with van der Waals surface area (Å²) < 4.78 is 0. The monoisotopic (exact) mass is 210 g/mol. The number of benzene rings is 1. The molecular weight excluding hydrogens is 200 g/mol.